The standard InChI is InChI=1S/C30H29BrN2O5/c1-5-37-25-16-20(24(31)17-26(25)38-18-19-9-7-6-8-10-19)15-23-27(34)32-29(36)33(28(23)35)22-13-11-21(12-14-22)30(2,3)4/h6-17H,5,18H2,1-4H3,(H,32,34,36)/b23-15+. The number of anilines is 1. The second-order valence-corrected chi connectivity index (χ2v) is 10.6. The van der Waals surface area contributed by atoms with Crippen molar-refractivity contribution < 1.29 is 23.9 Å². The Morgan fingerprint density at radius 2 is 1.58 bits per heavy atom. The lowest BCUT2D eigenvalue weighted by atomic mass is 9.87. The van der Waals surface area contributed by atoms with E-state index in [1.165, 1.54) is 6.08 Å². The van der Waals surface area contributed by atoms with Crippen LogP contribution in [-0.4, -0.2) is 24.5 Å². The average molecular weight is 577 g/mol. The number of imide groups is 2. The number of carbonyl (C=O) groups is 3. The summed E-state index contributed by atoms with van der Waals surface area (Å²) >= 11 is 3.52. The number of urea groups is 1. The molecule has 4 amide bonds. The Hall–Kier alpha value is -3.91. The van der Waals surface area contributed by atoms with Crippen LogP contribution in [0.15, 0.2) is 76.8 Å². The summed E-state index contributed by atoms with van der Waals surface area (Å²) in [5, 5.41) is 2.27. The van der Waals surface area contributed by atoms with Crippen molar-refractivity contribution in [3.63, 3.8) is 0 Å². The molecule has 196 valence electrons. The van der Waals surface area contributed by atoms with Crippen LogP contribution in [0.5, 0.6) is 11.5 Å². The Balaban J connectivity index is 1.65. The molecule has 0 spiro atoms. The number of benzene rings is 3. The fourth-order valence-corrected chi connectivity index (χ4v) is 4.37. The first kappa shape index (κ1) is 27.1. The molecule has 1 saturated heterocycles. The van der Waals surface area contributed by atoms with E-state index in [1.807, 2.05) is 49.4 Å². The first-order valence-corrected chi connectivity index (χ1v) is 13.0. The second kappa shape index (κ2) is 11.2. The topological polar surface area (TPSA) is 84.9 Å². The molecule has 4 rings (SSSR count). The maximum atomic E-state index is 13.4. The molecule has 1 aliphatic heterocycles. The monoisotopic (exact) mass is 576 g/mol. The highest BCUT2D eigenvalue weighted by Crippen LogP contribution is 2.36. The maximum absolute atomic E-state index is 13.4. The zero-order valence-electron chi connectivity index (χ0n) is 21.7. The molecular weight excluding hydrogens is 548 g/mol. The first-order chi connectivity index (χ1) is 18.1. The minimum Gasteiger partial charge on any atom is -0.490 e. The van der Waals surface area contributed by atoms with Gasteiger partial charge in [0.05, 0.1) is 12.3 Å². The van der Waals surface area contributed by atoms with Crippen LogP contribution < -0.4 is 19.7 Å². The molecule has 0 unspecified atom stereocenters. The van der Waals surface area contributed by atoms with Crippen molar-refractivity contribution in [2.45, 2.75) is 39.7 Å². The summed E-state index contributed by atoms with van der Waals surface area (Å²) in [6.07, 6.45) is 1.44. The van der Waals surface area contributed by atoms with E-state index in [0.29, 0.717) is 40.4 Å². The molecule has 0 aliphatic carbocycles. The number of nitrogens with one attached hydrogen (secondary N) is 1. The molecule has 3 aromatic rings. The van der Waals surface area contributed by atoms with E-state index in [-0.39, 0.29) is 11.0 Å². The Morgan fingerprint density at radius 1 is 0.921 bits per heavy atom. The third kappa shape index (κ3) is 5.97. The SMILES string of the molecule is CCOc1cc(/C=C2\C(=O)NC(=O)N(c3ccc(C(C)(C)C)cc3)C2=O)c(Br)cc1OCc1ccccc1. The van der Waals surface area contributed by atoms with E-state index in [0.717, 1.165) is 16.0 Å². The number of halogens is 1. The molecule has 38 heavy (non-hydrogen) atoms. The van der Waals surface area contributed by atoms with E-state index >= 15 is 0 Å². The van der Waals surface area contributed by atoms with Crippen molar-refractivity contribution in [2.24, 2.45) is 0 Å². The van der Waals surface area contributed by atoms with E-state index in [2.05, 4.69) is 42.0 Å². The second-order valence-electron chi connectivity index (χ2n) is 9.78. The Kier molecular flexibility index (Phi) is 8.02. The van der Waals surface area contributed by atoms with Gasteiger partial charge in [0.15, 0.2) is 11.5 Å². The molecule has 8 heteroatoms. The minimum atomic E-state index is -0.792. The Bertz CT molecular complexity index is 1390. The number of hydrogen-bond acceptors (Lipinski definition) is 5. The molecule has 1 fully saturated rings. The smallest absolute Gasteiger partial charge is 0.335 e. The molecule has 0 radical (unpaired) electrons. The molecule has 0 saturated carbocycles. The van der Waals surface area contributed by atoms with Crippen molar-refractivity contribution in [2.75, 3.05) is 11.5 Å². The zero-order valence-corrected chi connectivity index (χ0v) is 23.3. The normalized spacial score (nSPS) is 15.0. The summed E-state index contributed by atoms with van der Waals surface area (Å²) in [6, 6.07) is 19.5. The Morgan fingerprint density at radius 3 is 2.21 bits per heavy atom. The number of barbiturate groups is 1. The van der Waals surface area contributed by atoms with E-state index in [9.17, 15) is 14.4 Å². The van der Waals surface area contributed by atoms with Crippen LogP contribution in [0.1, 0.15) is 44.4 Å². The van der Waals surface area contributed by atoms with Gasteiger partial charge in [0.1, 0.15) is 12.2 Å². The van der Waals surface area contributed by atoms with Gasteiger partial charge in [0.25, 0.3) is 11.8 Å². The molecule has 1 N–H and O–H groups in total. The molecule has 0 aromatic heterocycles. The van der Waals surface area contributed by atoms with Crippen molar-refractivity contribution >= 4 is 45.5 Å². The highest BCUT2D eigenvalue weighted by molar-refractivity contribution is 9.10. The maximum Gasteiger partial charge on any atom is 0.335 e. The summed E-state index contributed by atoms with van der Waals surface area (Å²) < 4.78 is 12.4. The van der Waals surface area contributed by atoms with Gasteiger partial charge in [0.2, 0.25) is 0 Å². The van der Waals surface area contributed by atoms with Crippen molar-refractivity contribution in [1.29, 1.82) is 0 Å². The third-order valence-electron chi connectivity index (χ3n) is 5.99. The summed E-state index contributed by atoms with van der Waals surface area (Å²) in [5.41, 5.74) is 2.69. The van der Waals surface area contributed by atoms with Crippen LogP contribution in [0, 0.1) is 0 Å². The molecule has 3 aromatic carbocycles. The van der Waals surface area contributed by atoms with Crippen molar-refractivity contribution in [1.82, 2.24) is 5.32 Å². The fourth-order valence-electron chi connectivity index (χ4n) is 3.94. The first-order valence-electron chi connectivity index (χ1n) is 12.2. The van der Waals surface area contributed by atoms with Gasteiger partial charge in [-0.05, 0) is 59.4 Å². The van der Waals surface area contributed by atoms with E-state index in [1.54, 1.807) is 24.3 Å². The predicted molar refractivity (Wildman–Crippen MR) is 150 cm³/mol. The lowest BCUT2D eigenvalue weighted by Crippen LogP contribution is -2.54. The van der Waals surface area contributed by atoms with E-state index < -0.39 is 17.8 Å². The van der Waals surface area contributed by atoms with Crippen LogP contribution in [0.4, 0.5) is 10.5 Å². The van der Waals surface area contributed by atoms with Gasteiger partial charge in [0, 0.05) is 4.47 Å². The number of ether oxygens (including phenoxy) is 2. The largest absolute Gasteiger partial charge is 0.490 e. The number of hydrogen-bond donors (Lipinski definition) is 1. The molecule has 7 nitrogen and oxygen atoms in total. The van der Waals surface area contributed by atoms with Crippen LogP contribution in [0.25, 0.3) is 6.08 Å². The number of rotatable bonds is 7. The molecule has 1 aliphatic rings. The van der Waals surface area contributed by atoms with Gasteiger partial charge < -0.3 is 9.47 Å². The number of carbonyl (C=O) groups excluding carboxylic acids is 3. The molecule has 1 heterocycles. The van der Waals surface area contributed by atoms with Crippen LogP contribution in [-0.2, 0) is 21.6 Å². The van der Waals surface area contributed by atoms with E-state index in [4.69, 9.17) is 9.47 Å². The number of amides is 4. The fraction of sp³-hybridized carbons (Fsp3) is 0.233. The lowest BCUT2D eigenvalue weighted by molar-refractivity contribution is -0.122. The lowest BCUT2D eigenvalue weighted by Gasteiger charge is -2.27. The average Bonchev–Trinajstić information content (AvgIpc) is 2.87. The van der Waals surface area contributed by atoms with Crippen molar-refractivity contribution in [3.05, 3.63) is 93.5 Å². The minimum absolute atomic E-state index is 0.0881. The predicted octanol–water partition coefficient (Wildman–Crippen LogP) is 6.39. The van der Waals surface area contributed by atoms with Gasteiger partial charge in [-0.3, -0.25) is 14.9 Å². The van der Waals surface area contributed by atoms with Gasteiger partial charge in [-0.25, -0.2) is 9.69 Å². The van der Waals surface area contributed by atoms with Crippen LogP contribution in [0.3, 0.4) is 0 Å². The quantitative estimate of drug-likeness (QED) is 0.260. The summed E-state index contributed by atoms with van der Waals surface area (Å²) in [4.78, 5) is 39.7. The van der Waals surface area contributed by atoms with Gasteiger partial charge in [-0.15, -0.1) is 0 Å². The zero-order chi connectivity index (χ0) is 27.4. The Labute approximate surface area is 230 Å². The van der Waals surface area contributed by atoms with Crippen LogP contribution in [0.2, 0.25) is 0 Å². The molecule has 0 atom stereocenters. The third-order valence-corrected chi connectivity index (χ3v) is 6.68. The summed E-state index contributed by atoms with van der Waals surface area (Å²) in [5.74, 6) is -0.499. The van der Waals surface area contributed by atoms with Gasteiger partial charge in [-0.2, -0.15) is 0 Å². The molecular formula is C30H29BrN2O5. The number of nitrogens with zero attached hydrogens (tertiary/aromatic N) is 1. The van der Waals surface area contributed by atoms with Gasteiger partial charge >= 0.3 is 6.03 Å². The highest BCUT2D eigenvalue weighted by atomic mass is 79.9. The van der Waals surface area contributed by atoms with Crippen molar-refractivity contribution in [3.8, 4) is 11.5 Å². The molecule has 0 bridgehead atoms. The summed E-state index contributed by atoms with van der Waals surface area (Å²) in [7, 11) is 0. The highest BCUT2D eigenvalue weighted by Gasteiger charge is 2.37. The van der Waals surface area contributed by atoms with Crippen LogP contribution >= 0.6 is 15.9 Å². The summed E-state index contributed by atoms with van der Waals surface area (Å²) in [6.45, 7) is 8.82. The van der Waals surface area contributed by atoms with Gasteiger partial charge in [-0.1, -0.05) is 79.2 Å².